The summed E-state index contributed by atoms with van der Waals surface area (Å²) in [7, 11) is 2.19. The summed E-state index contributed by atoms with van der Waals surface area (Å²) < 4.78 is 2.34. The molecule has 2 nitrogen and oxygen atoms in total. The van der Waals surface area contributed by atoms with Crippen LogP contribution in [0.1, 0.15) is 37.5 Å². The summed E-state index contributed by atoms with van der Waals surface area (Å²) in [5, 5.41) is 1.36. The minimum atomic E-state index is 0.0789. The molecule has 142 valence electrons. The average molecular weight is 369 g/mol. The third kappa shape index (κ3) is 2.85. The number of benzene rings is 2. The van der Waals surface area contributed by atoms with E-state index in [2.05, 4.69) is 113 Å². The topological polar surface area (TPSA) is 7.12 Å². The molecule has 0 amide bonds. The molecular formula is C25H30BN2+. The van der Waals surface area contributed by atoms with E-state index in [4.69, 9.17) is 0 Å². The maximum Gasteiger partial charge on any atom is 0.409 e. The Morgan fingerprint density at radius 1 is 0.929 bits per heavy atom. The molecule has 0 radical (unpaired) electrons. The van der Waals surface area contributed by atoms with Crippen LogP contribution in [0, 0.1) is 19.3 Å². The van der Waals surface area contributed by atoms with E-state index in [1.54, 1.807) is 0 Å². The summed E-state index contributed by atoms with van der Waals surface area (Å²) in [5.41, 5.74) is 8.20. The van der Waals surface area contributed by atoms with E-state index < -0.39 is 0 Å². The number of aryl methyl sites for hydroxylation is 3. The standard InChI is InChI=1S/C25H30BN2/c1-17-11-10-14-22-24(17)18(2)15-23(27(22)7)28-16-20(25(3,4)5)19-12-8-9-13-21(19)26(28)6/h8-16H,1-7H3/q+1. The van der Waals surface area contributed by atoms with Gasteiger partial charge in [0.1, 0.15) is 5.52 Å². The highest BCUT2D eigenvalue weighted by atomic mass is 15.2. The van der Waals surface area contributed by atoms with Crippen molar-refractivity contribution >= 4 is 34.6 Å². The molecule has 0 aliphatic carbocycles. The van der Waals surface area contributed by atoms with Crippen molar-refractivity contribution in [3.8, 4) is 0 Å². The van der Waals surface area contributed by atoms with Crippen molar-refractivity contribution in [1.82, 2.24) is 0 Å². The van der Waals surface area contributed by atoms with Crippen molar-refractivity contribution < 1.29 is 4.57 Å². The lowest BCUT2D eigenvalue weighted by molar-refractivity contribution is -0.631. The number of hydrogen-bond acceptors (Lipinski definition) is 1. The van der Waals surface area contributed by atoms with E-state index in [1.165, 1.54) is 44.4 Å². The van der Waals surface area contributed by atoms with Crippen LogP contribution in [0.5, 0.6) is 0 Å². The smallest absolute Gasteiger partial charge is 0.293 e. The highest BCUT2D eigenvalue weighted by Gasteiger charge is 2.39. The molecule has 0 unspecified atom stereocenters. The second kappa shape index (κ2) is 6.51. The summed E-state index contributed by atoms with van der Waals surface area (Å²) in [6.45, 7) is 13.9. The minimum absolute atomic E-state index is 0.0789. The van der Waals surface area contributed by atoms with Gasteiger partial charge in [0, 0.05) is 17.0 Å². The molecule has 0 atom stereocenters. The number of hydrogen-bond donors (Lipinski definition) is 0. The zero-order valence-electron chi connectivity index (χ0n) is 18.2. The summed E-state index contributed by atoms with van der Waals surface area (Å²) in [4.78, 5) is 2.46. The van der Waals surface area contributed by atoms with E-state index in [9.17, 15) is 0 Å². The normalized spacial score (nSPS) is 14.3. The SMILES string of the molecule is CB1c2ccccc2C(C(C)(C)C)=CN1c1cc(C)c2c(C)cccc2[n+]1C. The Kier molecular flexibility index (Phi) is 4.37. The summed E-state index contributed by atoms with van der Waals surface area (Å²) in [6.07, 6.45) is 2.38. The maximum atomic E-state index is 2.46. The number of anilines is 1. The van der Waals surface area contributed by atoms with Crippen molar-refractivity contribution in [1.29, 1.82) is 0 Å². The predicted molar refractivity (Wildman–Crippen MR) is 122 cm³/mol. The zero-order chi connectivity index (χ0) is 20.2. The first-order chi connectivity index (χ1) is 13.2. The van der Waals surface area contributed by atoms with Crippen LogP contribution in [0.25, 0.3) is 16.5 Å². The first-order valence-corrected chi connectivity index (χ1v) is 10.2. The lowest BCUT2D eigenvalue weighted by Gasteiger charge is -2.33. The predicted octanol–water partition coefficient (Wildman–Crippen LogP) is 5.02. The van der Waals surface area contributed by atoms with Gasteiger partial charge in [0.25, 0.3) is 5.82 Å². The quantitative estimate of drug-likeness (QED) is 0.432. The molecule has 0 spiro atoms. The summed E-state index contributed by atoms with van der Waals surface area (Å²) in [6, 6.07) is 17.8. The largest absolute Gasteiger partial charge is 0.409 e. The van der Waals surface area contributed by atoms with Crippen LogP contribution in [-0.4, -0.2) is 6.85 Å². The number of allylic oxidation sites excluding steroid dienone is 1. The molecule has 2 heterocycles. The highest BCUT2D eigenvalue weighted by molar-refractivity contribution is 6.77. The molecule has 1 aromatic heterocycles. The monoisotopic (exact) mass is 369 g/mol. The van der Waals surface area contributed by atoms with Gasteiger partial charge in [-0.2, -0.15) is 0 Å². The molecule has 0 saturated heterocycles. The highest BCUT2D eigenvalue weighted by Crippen LogP contribution is 2.37. The summed E-state index contributed by atoms with van der Waals surface area (Å²) in [5.74, 6) is 1.24. The number of aromatic nitrogens is 1. The van der Waals surface area contributed by atoms with E-state index in [1.807, 2.05) is 0 Å². The molecule has 0 saturated carbocycles. The Bertz CT molecular complexity index is 1110. The van der Waals surface area contributed by atoms with Gasteiger partial charge in [-0.25, -0.2) is 4.57 Å². The molecule has 0 N–H and O–H groups in total. The van der Waals surface area contributed by atoms with Gasteiger partial charge in [0.05, 0.1) is 13.2 Å². The van der Waals surface area contributed by atoms with Crippen LogP contribution in [0.4, 0.5) is 5.82 Å². The Balaban J connectivity index is 1.98. The van der Waals surface area contributed by atoms with E-state index in [0.29, 0.717) is 0 Å². The number of pyridine rings is 1. The fourth-order valence-electron chi connectivity index (χ4n) is 4.62. The number of rotatable bonds is 1. The fourth-order valence-corrected chi connectivity index (χ4v) is 4.62. The first kappa shape index (κ1) is 18.8. The van der Waals surface area contributed by atoms with E-state index in [0.717, 1.165) is 0 Å². The molecule has 1 aliphatic rings. The van der Waals surface area contributed by atoms with Crippen molar-refractivity contribution in [3.05, 3.63) is 71.4 Å². The lowest BCUT2D eigenvalue weighted by Crippen LogP contribution is -2.52. The fraction of sp³-hybridized carbons (Fsp3) is 0.320. The Hall–Kier alpha value is -2.55. The Morgan fingerprint density at radius 3 is 2.36 bits per heavy atom. The molecule has 3 heteroatoms. The Labute approximate surface area is 169 Å². The molecular weight excluding hydrogens is 339 g/mol. The second-order valence-electron chi connectivity index (χ2n) is 9.18. The molecule has 0 fully saturated rings. The van der Waals surface area contributed by atoms with Gasteiger partial charge < -0.3 is 0 Å². The second-order valence-corrected chi connectivity index (χ2v) is 9.18. The van der Waals surface area contributed by atoms with Crippen molar-refractivity contribution in [2.75, 3.05) is 4.81 Å². The lowest BCUT2D eigenvalue weighted by atomic mass is 9.52. The van der Waals surface area contributed by atoms with E-state index in [-0.39, 0.29) is 12.3 Å². The molecule has 0 bridgehead atoms. The third-order valence-electron chi connectivity index (χ3n) is 6.15. The van der Waals surface area contributed by atoms with Crippen LogP contribution in [-0.2, 0) is 7.05 Å². The third-order valence-corrected chi connectivity index (χ3v) is 6.15. The minimum Gasteiger partial charge on any atom is -0.293 e. The van der Waals surface area contributed by atoms with E-state index >= 15 is 0 Å². The molecule has 2 aromatic carbocycles. The molecule has 28 heavy (non-hydrogen) atoms. The Morgan fingerprint density at radius 2 is 1.64 bits per heavy atom. The zero-order valence-corrected chi connectivity index (χ0v) is 18.2. The van der Waals surface area contributed by atoms with Crippen molar-refractivity contribution in [3.63, 3.8) is 0 Å². The van der Waals surface area contributed by atoms with Crippen molar-refractivity contribution in [2.24, 2.45) is 12.5 Å². The van der Waals surface area contributed by atoms with Gasteiger partial charge in [-0.3, -0.25) is 4.81 Å². The van der Waals surface area contributed by atoms with Gasteiger partial charge in [-0.15, -0.1) is 0 Å². The number of fused-ring (bicyclic) bond motifs is 2. The van der Waals surface area contributed by atoms with Crippen LogP contribution in [0.15, 0.2) is 54.7 Å². The maximum absolute atomic E-state index is 2.46. The van der Waals surface area contributed by atoms with Crippen LogP contribution in [0.2, 0.25) is 6.82 Å². The average Bonchev–Trinajstić information content (AvgIpc) is 2.64. The van der Waals surface area contributed by atoms with Gasteiger partial charge >= 0.3 is 6.85 Å². The molecule has 4 rings (SSSR count). The van der Waals surface area contributed by atoms with Gasteiger partial charge in [-0.05, 0) is 54.3 Å². The van der Waals surface area contributed by atoms with Crippen molar-refractivity contribution in [2.45, 2.75) is 41.4 Å². The van der Waals surface area contributed by atoms with Crippen LogP contribution < -0.4 is 14.8 Å². The summed E-state index contributed by atoms with van der Waals surface area (Å²) >= 11 is 0. The van der Waals surface area contributed by atoms with Crippen LogP contribution in [0.3, 0.4) is 0 Å². The number of nitrogens with zero attached hydrogens (tertiary/aromatic N) is 2. The van der Waals surface area contributed by atoms with Gasteiger partial charge in [-0.1, -0.05) is 57.2 Å². The first-order valence-electron chi connectivity index (χ1n) is 10.2. The molecule has 1 aliphatic heterocycles. The van der Waals surface area contributed by atoms with Crippen LogP contribution >= 0.6 is 0 Å². The van der Waals surface area contributed by atoms with Gasteiger partial charge in [0.2, 0.25) is 0 Å². The molecule has 3 aromatic rings. The van der Waals surface area contributed by atoms with Gasteiger partial charge in [0.15, 0.2) is 0 Å².